The minimum absolute atomic E-state index is 0.116. The molecule has 0 bridgehead atoms. The molecule has 2 aliphatic rings. The van der Waals surface area contributed by atoms with Crippen LogP contribution in [0.3, 0.4) is 0 Å². The molecule has 1 saturated heterocycles. The van der Waals surface area contributed by atoms with Crippen molar-refractivity contribution in [3.63, 3.8) is 0 Å². The van der Waals surface area contributed by atoms with E-state index in [2.05, 4.69) is 5.32 Å². The molecule has 10 heteroatoms. The van der Waals surface area contributed by atoms with Gasteiger partial charge in [0.2, 0.25) is 5.91 Å². The number of nitrogens with one attached hydrogen (secondary N) is 1. The van der Waals surface area contributed by atoms with Crippen molar-refractivity contribution in [2.75, 3.05) is 5.75 Å². The van der Waals surface area contributed by atoms with Gasteiger partial charge in [0, 0.05) is 22.3 Å². The molecule has 0 saturated carbocycles. The lowest BCUT2D eigenvalue weighted by molar-refractivity contribution is -0.689. The van der Waals surface area contributed by atoms with E-state index in [1.165, 1.54) is 28.0 Å². The van der Waals surface area contributed by atoms with Crippen LogP contribution in [0.1, 0.15) is 4.88 Å². The zero-order valence-corrected chi connectivity index (χ0v) is 17.4. The van der Waals surface area contributed by atoms with E-state index in [1.807, 2.05) is 17.5 Å². The Bertz CT molecular complexity index is 1010. The van der Waals surface area contributed by atoms with Crippen LogP contribution >= 0.6 is 34.7 Å². The van der Waals surface area contributed by atoms with E-state index in [1.54, 1.807) is 29.1 Å². The summed E-state index contributed by atoms with van der Waals surface area (Å²) in [6.07, 6.45) is 3.65. The number of carbonyl (C=O) groups excluding carboxylic acids is 3. The molecule has 0 aliphatic carbocycles. The number of halogens is 1. The monoisotopic (exact) mass is 449 g/mol. The lowest BCUT2D eigenvalue weighted by Crippen LogP contribution is -2.71. The Morgan fingerprint density at radius 2 is 2.17 bits per heavy atom. The highest BCUT2D eigenvalue weighted by atomic mass is 35.5. The largest absolute Gasteiger partial charge is 0.543 e. The molecule has 2 aromatic heterocycles. The normalized spacial score (nSPS) is 20.9. The van der Waals surface area contributed by atoms with Crippen molar-refractivity contribution >= 4 is 52.5 Å². The Morgan fingerprint density at radius 3 is 2.86 bits per heavy atom. The smallest absolute Gasteiger partial charge is 0.253 e. The first-order valence-corrected chi connectivity index (χ1v) is 11.1. The van der Waals surface area contributed by atoms with Gasteiger partial charge in [0.1, 0.15) is 16.4 Å². The summed E-state index contributed by atoms with van der Waals surface area (Å²) in [6, 6.07) is 6.46. The van der Waals surface area contributed by atoms with E-state index in [9.17, 15) is 19.5 Å². The Hall–Kier alpha value is -2.36. The number of carbonyl (C=O) groups is 3. The van der Waals surface area contributed by atoms with Crippen LogP contribution in [-0.2, 0) is 27.3 Å². The van der Waals surface area contributed by atoms with Gasteiger partial charge in [-0.05, 0) is 17.5 Å². The number of fused-ring (bicyclic) bond motifs is 1. The third-order valence-electron chi connectivity index (χ3n) is 4.67. The van der Waals surface area contributed by atoms with Crippen LogP contribution in [0.15, 0.2) is 53.3 Å². The van der Waals surface area contributed by atoms with Crippen molar-refractivity contribution in [3.05, 3.63) is 63.2 Å². The highest BCUT2D eigenvalue weighted by Gasteiger charge is 2.53. The van der Waals surface area contributed by atoms with Crippen LogP contribution in [-0.4, -0.2) is 39.9 Å². The summed E-state index contributed by atoms with van der Waals surface area (Å²) in [5.41, 5.74) is 0.449. The van der Waals surface area contributed by atoms with E-state index in [-0.39, 0.29) is 24.6 Å². The Kier molecular flexibility index (Phi) is 5.62. The fraction of sp³-hybridized carbons (Fsp3) is 0.263. The van der Waals surface area contributed by atoms with Gasteiger partial charge >= 0.3 is 0 Å². The number of rotatable bonds is 6. The summed E-state index contributed by atoms with van der Waals surface area (Å²) in [7, 11) is 0. The van der Waals surface area contributed by atoms with Gasteiger partial charge in [-0.1, -0.05) is 17.7 Å². The quantitative estimate of drug-likeness (QED) is 0.507. The van der Waals surface area contributed by atoms with Crippen molar-refractivity contribution in [1.29, 1.82) is 0 Å². The van der Waals surface area contributed by atoms with Crippen LogP contribution in [0.4, 0.5) is 0 Å². The Morgan fingerprint density at radius 1 is 1.34 bits per heavy atom. The number of hydrogen-bond donors (Lipinski definition) is 1. The van der Waals surface area contributed by atoms with E-state index in [0.29, 0.717) is 16.3 Å². The highest BCUT2D eigenvalue weighted by Crippen LogP contribution is 2.40. The van der Waals surface area contributed by atoms with Crippen LogP contribution in [0.5, 0.6) is 0 Å². The van der Waals surface area contributed by atoms with E-state index >= 15 is 0 Å². The second kappa shape index (κ2) is 8.17. The highest BCUT2D eigenvalue weighted by molar-refractivity contribution is 8.00. The maximum absolute atomic E-state index is 12.6. The van der Waals surface area contributed by atoms with Crippen molar-refractivity contribution in [1.82, 2.24) is 10.2 Å². The lowest BCUT2D eigenvalue weighted by atomic mass is 10.0. The minimum atomic E-state index is -1.40. The first kappa shape index (κ1) is 19.9. The number of carboxylic acid groups (broad SMARTS) is 1. The minimum Gasteiger partial charge on any atom is -0.543 e. The summed E-state index contributed by atoms with van der Waals surface area (Å²) in [5, 5.41) is 16.5. The number of β-lactam (4-membered cyclic amide) rings is 1. The zero-order valence-electron chi connectivity index (χ0n) is 15.0. The average Bonchev–Trinajstić information content (AvgIpc) is 3.18. The Balaban J connectivity index is 1.50. The SMILES string of the molecule is O=C(Cc1cccs1)NC1C(=O)N2C(C(=O)[O-])=C(C[n+]3cccc(Cl)c3)CS[C@@H]12. The van der Waals surface area contributed by atoms with Crippen molar-refractivity contribution < 1.29 is 24.1 Å². The van der Waals surface area contributed by atoms with E-state index in [0.717, 1.165) is 4.88 Å². The molecule has 0 aromatic carbocycles. The fourth-order valence-electron chi connectivity index (χ4n) is 3.40. The van der Waals surface area contributed by atoms with Crippen LogP contribution in [0.2, 0.25) is 5.02 Å². The number of hydrogen-bond acceptors (Lipinski definition) is 6. The predicted octanol–water partition coefficient (Wildman–Crippen LogP) is 0.336. The third kappa shape index (κ3) is 4.03. The van der Waals surface area contributed by atoms with Gasteiger partial charge in [-0.25, -0.2) is 0 Å². The second-order valence-corrected chi connectivity index (χ2v) is 9.22. The average molecular weight is 450 g/mol. The molecule has 2 aliphatic heterocycles. The molecule has 2 amide bonds. The number of nitrogens with zero attached hydrogens (tertiary/aromatic N) is 2. The van der Waals surface area contributed by atoms with Gasteiger partial charge < -0.3 is 15.2 Å². The molecule has 7 nitrogen and oxygen atoms in total. The fourth-order valence-corrected chi connectivity index (χ4v) is 5.63. The first-order chi connectivity index (χ1) is 13.9. The number of aliphatic carboxylic acids is 1. The molecule has 1 fully saturated rings. The summed E-state index contributed by atoms with van der Waals surface area (Å²) < 4.78 is 1.76. The second-order valence-electron chi connectivity index (χ2n) is 6.65. The number of carboxylic acids is 1. The molecule has 0 spiro atoms. The number of thiophene rings is 1. The van der Waals surface area contributed by atoms with Crippen molar-refractivity contribution in [3.8, 4) is 0 Å². The van der Waals surface area contributed by atoms with Gasteiger partial charge in [-0.15, -0.1) is 23.1 Å². The first-order valence-electron chi connectivity index (χ1n) is 8.78. The third-order valence-corrected chi connectivity index (χ3v) is 7.11. The van der Waals surface area contributed by atoms with Crippen LogP contribution in [0.25, 0.3) is 0 Å². The van der Waals surface area contributed by atoms with Gasteiger partial charge in [0.05, 0.1) is 18.1 Å². The van der Waals surface area contributed by atoms with Crippen LogP contribution < -0.4 is 15.0 Å². The maximum atomic E-state index is 12.6. The summed E-state index contributed by atoms with van der Waals surface area (Å²) in [6.45, 7) is 0.281. The molecule has 29 heavy (non-hydrogen) atoms. The topological polar surface area (TPSA) is 93.4 Å². The molecule has 150 valence electrons. The van der Waals surface area contributed by atoms with Crippen molar-refractivity contribution in [2.24, 2.45) is 0 Å². The van der Waals surface area contributed by atoms with Gasteiger partial charge in [-0.2, -0.15) is 4.57 Å². The van der Waals surface area contributed by atoms with Gasteiger partial charge in [0.25, 0.3) is 5.91 Å². The zero-order chi connectivity index (χ0) is 20.5. The van der Waals surface area contributed by atoms with E-state index in [4.69, 9.17) is 11.6 Å². The molecule has 2 atom stereocenters. The molecule has 2 aromatic rings. The molecule has 4 rings (SSSR count). The van der Waals surface area contributed by atoms with Gasteiger partial charge in [-0.3, -0.25) is 14.5 Å². The van der Waals surface area contributed by atoms with Crippen LogP contribution in [0, 0.1) is 0 Å². The molecular weight excluding hydrogens is 434 g/mol. The number of thioether (sulfide) groups is 1. The lowest BCUT2D eigenvalue weighted by Gasteiger charge is -2.50. The molecule has 1 N–H and O–H groups in total. The van der Waals surface area contributed by atoms with E-state index < -0.39 is 23.3 Å². The number of amides is 2. The van der Waals surface area contributed by atoms with Crippen molar-refractivity contribution in [2.45, 2.75) is 24.4 Å². The Labute approximate surface area is 180 Å². The van der Waals surface area contributed by atoms with Gasteiger partial charge in [0.15, 0.2) is 18.9 Å². The molecular formula is C19H16ClN3O4S2. The summed E-state index contributed by atoms with van der Waals surface area (Å²) >= 11 is 8.88. The predicted molar refractivity (Wildman–Crippen MR) is 107 cm³/mol. The number of pyridine rings is 1. The standard InChI is InChI=1S/C19H16ClN3O4S2/c20-12-3-1-5-22(9-12)8-11-10-29-18-15(17(25)23(18)16(11)19(26)27)21-14(24)7-13-4-2-6-28-13/h1-6,9,15,18H,7-8,10H2,(H-,21,24,26,27)/t15?,18-/m0/s1. The summed E-state index contributed by atoms with van der Waals surface area (Å²) in [5.74, 6) is -1.68. The molecule has 0 radical (unpaired) electrons. The summed E-state index contributed by atoms with van der Waals surface area (Å²) in [4.78, 5) is 38.8. The maximum Gasteiger partial charge on any atom is 0.253 e. The molecule has 1 unspecified atom stereocenters. The number of aromatic nitrogens is 1. The molecule has 4 heterocycles.